The molecule has 0 radical (unpaired) electrons. The summed E-state index contributed by atoms with van der Waals surface area (Å²) in [6.45, 7) is 2.00. The van der Waals surface area contributed by atoms with Gasteiger partial charge in [-0.15, -0.1) is 0 Å². The summed E-state index contributed by atoms with van der Waals surface area (Å²) >= 11 is 0. The molecule has 0 aliphatic heterocycles. The summed E-state index contributed by atoms with van der Waals surface area (Å²) in [4.78, 5) is 35.7. The van der Waals surface area contributed by atoms with Crippen LogP contribution in [0.3, 0.4) is 0 Å². The van der Waals surface area contributed by atoms with E-state index < -0.39 is 18.0 Å². The van der Waals surface area contributed by atoms with Crippen LogP contribution in [0.5, 0.6) is 0 Å². The molecule has 7 nitrogen and oxygen atoms in total. The summed E-state index contributed by atoms with van der Waals surface area (Å²) < 4.78 is 5.42. The zero-order valence-corrected chi connectivity index (χ0v) is 19.1. The number of aromatic carboxylic acids is 1. The fraction of sp³-hybridized carbons (Fsp3) is 0.179. The van der Waals surface area contributed by atoms with Gasteiger partial charge in [0.2, 0.25) is 0 Å². The molecular formula is C28H24N2O5. The van der Waals surface area contributed by atoms with E-state index in [1.165, 1.54) is 12.1 Å². The van der Waals surface area contributed by atoms with E-state index in [2.05, 4.69) is 34.6 Å². The summed E-state index contributed by atoms with van der Waals surface area (Å²) in [6, 6.07) is 20.9. The fourth-order valence-corrected chi connectivity index (χ4v) is 4.14. The van der Waals surface area contributed by atoms with Crippen molar-refractivity contribution in [3.8, 4) is 23.0 Å². The molecule has 3 aromatic rings. The largest absolute Gasteiger partial charge is 0.478 e. The molecule has 2 amide bonds. The van der Waals surface area contributed by atoms with E-state index in [1.54, 1.807) is 6.07 Å². The van der Waals surface area contributed by atoms with Crippen LogP contribution in [0.1, 0.15) is 39.9 Å². The molecular weight excluding hydrogens is 444 g/mol. The average Bonchev–Trinajstić information content (AvgIpc) is 3.19. The summed E-state index contributed by atoms with van der Waals surface area (Å²) in [5.41, 5.74) is 5.53. The van der Waals surface area contributed by atoms with Crippen molar-refractivity contribution in [1.29, 1.82) is 0 Å². The minimum Gasteiger partial charge on any atom is -0.478 e. The Morgan fingerprint density at radius 1 is 0.971 bits per heavy atom. The highest BCUT2D eigenvalue weighted by Crippen LogP contribution is 2.44. The van der Waals surface area contributed by atoms with Crippen LogP contribution in [0.4, 0.5) is 10.5 Å². The number of anilines is 1. The van der Waals surface area contributed by atoms with Gasteiger partial charge >= 0.3 is 12.1 Å². The molecule has 0 fully saturated rings. The maximum atomic E-state index is 12.2. The Kier molecular flexibility index (Phi) is 7.12. The number of carboxylic acid groups (broad SMARTS) is 1. The zero-order valence-electron chi connectivity index (χ0n) is 19.1. The molecule has 1 aliphatic carbocycles. The Balaban J connectivity index is 1.29. The lowest BCUT2D eigenvalue weighted by Crippen LogP contribution is -2.26. The van der Waals surface area contributed by atoms with E-state index in [-0.39, 0.29) is 30.3 Å². The first-order valence-electron chi connectivity index (χ1n) is 11.2. The minimum absolute atomic E-state index is 0.00346. The van der Waals surface area contributed by atoms with Crippen molar-refractivity contribution in [2.24, 2.45) is 0 Å². The smallest absolute Gasteiger partial charge is 0.407 e. The van der Waals surface area contributed by atoms with Gasteiger partial charge < -0.3 is 20.5 Å². The molecule has 0 saturated carbocycles. The lowest BCUT2D eigenvalue weighted by Gasteiger charge is -2.14. The lowest BCUT2D eigenvalue weighted by molar-refractivity contribution is -0.111. The standard InChI is InChI=1S/C28H24N2O5/c1-2-18-13-14-25(23(16-18)27(32)33)30-26(31)12-7-15-29-28(34)35-17-24-21-10-5-3-8-19(21)20-9-4-6-11-22(20)24/h3-6,8-11,13-14,16,24H,2,15,17H2,1H3,(H,29,34)(H,30,31)(H,32,33). The Hall–Kier alpha value is -4.57. The summed E-state index contributed by atoms with van der Waals surface area (Å²) in [7, 11) is 0. The maximum Gasteiger partial charge on any atom is 0.407 e. The normalized spacial score (nSPS) is 11.5. The number of carboxylic acids is 1. The van der Waals surface area contributed by atoms with Gasteiger partial charge in [-0.05, 0) is 52.3 Å². The first kappa shape index (κ1) is 23.6. The highest BCUT2D eigenvalue weighted by Gasteiger charge is 2.28. The van der Waals surface area contributed by atoms with Gasteiger partial charge in [0.25, 0.3) is 5.91 Å². The van der Waals surface area contributed by atoms with E-state index in [4.69, 9.17) is 4.74 Å². The van der Waals surface area contributed by atoms with Gasteiger partial charge in [-0.25, -0.2) is 9.59 Å². The molecule has 3 aromatic carbocycles. The number of alkyl carbamates (subject to hydrolysis) is 1. The quantitative estimate of drug-likeness (QED) is 0.465. The van der Waals surface area contributed by atoms with Crippen molar-refractivity contribution >= 4 is 23.7 Å². The predicted molar refractivity (Wildman–Crippen MR) is 132 cm³/mol. The van der Waals surface area contributed by atoms with E-state index in [1.807, 2.05) is 43.3 Å². The number of carbonyl (C=O) groups is 3. The number of benzene rings is 3. The molecule has 1 aliphatic rings. The van der Waals surface area contributed by atoms with Gasteiger partial charge in [0.05, 0.1) is 17.8 Å². The second-order valence-corrected chi connectivity index (χ2v) is 7.97. The number of aryl methyl sites for hydroxylation is 1. The van der Waals surface area contributed by atoms with Crippen LogP contribution in [-0.4, -0.2) is 36.2 Å². The van der Waals surface area contributed by atoms with Gasteiger partial charge in [0.1, 0.15) is 6.61 Å². The van der Waals surface area contributed by atoms with Crippen molar-refractivity contribution in [1.82, 2.24) is 5.32 Å². The highest BCUT2D eigenvalue weighted by molar-refractivity contribution is 6.07. The van der Waals surface area contributed by atoms with Crippen LogP contribution >= 0.6 is 0 Å². The summed E-state index contributed by atoms with van der Waals surface area (Å²) in [6.07, 6.45) is 0.0421. The molecule has 176 valence electrons. The molecule has 0 spiro atoms. The number of carbonyl (C=O) groups excluding carboxylic acids is 2. The third-order valence-electron chi connectivity index (χ3n) is 5.84. The molecule has 3 N–H and O–H groups in total. The van der Waals surface area contributed by atoms with Gasteiger partial charge in [-0.2, -0.15) is 0 Å². The number of hydrogen-bond acceptors (Lipinski definition) is 4. The molecule has 7 heteroatoms. The third-order valence-corrected chi connectivity index (χ3v) is 5.84. The van der Waals surface area contributed by atoms with Crippen molar-refractivity contribution in [3.05, 3.63) is 89.0 Å². The van der Waals surface area contributed by atoms with Crippen LogP contribution in [-0.2, 0) is 16.0 Å². The molecule has 4 rings (SSSR count). The van der Waals surface area contributed by atoms with E-state index in [9.17, 15) is 19.5 Å². The van der Waals surface area contributed by atoms with Crippen LogP contribution in [0, 0.1) is 11.8 Å². The van der Waals surface area contributed by atoms with Crippen molar-refractivity contribution < 1.29 is 24.2 Å². The first-order chi connectivity index (χ1) is 17.0. The third kappa shape index (κ3) is 5.33. The molecule has 0 bridgehead atoms. The SMILES string of the molecule is CCc1ccc(NC(=O)C#CCNC(=O)OCC2c3ccccc3-c3ccccc32)c(C(=O)O)c1. The number of rotatable bonds is 6. The number of amides is 2. The highest BCUT2D eigenvalue weighted by atomic mass is 16.5. The number of ether oxygens (including phenoxy) is 1. The molecule has 0 saturated heterocycles. The van der Waals surface area contributed by atoms with Crippen molar-refractivity contribution in [2.75, 3.05) is 18.5 Å². The molecule has 35 heavy (non-hydrogen) atoms. The molecule has 0 atom stereocenters. The molecule has 0 aromatic heterocycles. The maximum absolute atomic E-state index is 12.2. The Bertz CT molecular complexity index is 1310. The van der Waals surface area contributed by atoms with Crippen LogP contribution < -0.4 is 10.6 Å². The monoisotopic (exact) mass is 468 g/mol. The lowest BCUT2D eigenvalue weighted by atomic mass is 9.98. The first-order valence-corrected chi connectivity index (χ1v) is 11.2. The Morgan fingerprint density at radius 2 is 1.63 bits per heavy atom. The summed E-state index contributed by atoms with van der Waals surface area (Å²) in [5, 5.41) is 14.3. The van der Waals surface area contributed by atoms with Crippen molar-refractivity contribution in [3.63, 3.8) is 0 Å². The predicted octanol–water partition coefficient (Wildman–Crippen LogP) is 4.43. The van der Waals surface area contributed by atoms with E-state index >= 15 is 0 Å². The zero-order chi connectivity index (χ0) is 24.8. The van der Waals surface area contributed by atoms with Crippen molar-refractivity contribution in [2.45, 2.75) is 19.3 Å². The van der Waals surface area contributed by atoms with Crippen LogP contribution in [0.25, 0.3) is 11.1 Å². The van der Waals surface area contributed by atoms with Gasteiger partial charge in [0, 0.05) is 5.92 Å². The second-order valence-electron chi connectivity index (χ2n) is 7.97. The molecule has 0 unspecified atom stereocenters. The van der Waals surface area contributed by atoms with Gasteiger partial charge in [0.15, 0.2) is 0 Å². The van der Waals surface area contributed by atoms with Crippen LogP contribution in [0.2, 0.25) is 0 Å². The Labute approximate surface area is 203 Å². The van der Waals surface area contributed by atoms with Gasteiger partial charge in [-0.3, -0.25) is 4.79 Å². The summed E-state index contributed by atoms with van der Waals surface area (Å²) in [5.74, 6) is 3.02. The number of fused-ring (bicyclic) bond motifs is 3. The Morgan fingerprint density at radius 3 is 2.26 bits per heavy atom. The topological polar surface area (TPSA) is 105 Å². The van der Waals surface area contributed by atoms with E-state index in [0.717, 1.165) is 27.8 Å². The minimum atomic E-state index is -1.14. The average molecular weight is 469 g/mol. The second kappa shape index (κ2) is 10.6. The van der Waals surface area contributed by atoms with Gasteiger partial charge in [-0.1, -0.05) is 67.4 Å². The molecule has 0 heterocycles. The number of hydrogen-bond donors (Lipinski definition) is 3. The number of nitrogens with one attached hydrogen (secondary N) is 2. The fourth-order valence-electron chi connectivity index (χ4n) is 4.14. The van der Waals surface area contributed by atoms with Crippen LogP contribution in [0.15, 0.2) is 66.7 Å². The van der Waals surface area contributed by atoms with E-state index in [0.29, 0.717) is 6.42 Å².